The van der Waals surface area contributed by atoms with Crippen LogP contribution in [-0.4, -0.2) is 41.5 Å². The Morgan fingerprint density at radius 2 is 2.30 bits per heavy atom. The van der Waals surface area contributed by atoms with Crippen LogP contribution in [0.5, 0.6) is 0 Å². The highest BCUT2D eigenvalue weighted by molar-refractivity contribution is 5.93. The van der Waals surface area contributed by atoms with Gasteiger partial charge < -0.3 is 20.5 Å². The Balaban J connectivity index is 1.76. The molecule has 0 aromatic carbocycles. The van der Waals surface area contributed by atoms with Crippen LogP contribution >= 0.6 is 0 Å². The van der Waals surface area contributed by atoms with Crippen molar-refractivity contribution in [1.29, 1.82) is 0 Å². The molecule has 0 spiro atoms. The van der Waals surface area contributed by atoms with Gasteiger partial charge in [0.15, 0.2) is 5.82 Å². The van der Waals surface area contributed by atoms with Crippen LogP contribution in [-0.2, 0) is 9.59 Å². The fourth-order valence-electron chi connectivity index (χ4n) is 1.96. The van der Waals surface area contributed by atoms with Gasteiger partial charge in [-0.3, -0.25) is 9.59 Å². The predicted octanol–water partition coefficient (Wildman–Crippen LogP) is 0.507. The van der Waals surface area contributed by atoms with E-state index in [4.69, 9.17) is 10.3 Å². The summed E-state index contributed by atoms with van der Waals surface area (Å²) in [7, 11) is 1.59. The highest BCUT2D eigenvalue weighted by Gasteiger charge is 2.30. The minimum Gasteiger partial charge on any atom is -0.360 e. The summed E-state index contributed by atoms with van der Waals surface area (Å²) in [5, 5.41) is 6.23. The van der Waals surface area contributed by atoms with Gasteiger partial charge in [-0.15, -0.1) is 0 Å². The van der Waals surface area contributed by atoms with Crippen LogP contribution < -0.4 is 11.1 Å². The monoisotopic (exact) mass is 280 g/mol. The van der Waals surface area contributed by atoms with Crippen LogP contribution in [0.15, 0.2) is 10.6 Å². The van der Waals surface area contributed by atoms with Crippen LogP contribution in [0, 0.1) is 12.8 Å². The number of carbonyl (C=O) groups excluding carboxylic acids is 2. The topological polar surface area (TPSA) is 101 Å². The summed E-state index contributed by atoms with van der Waals surface area (Å²) >= 11 is 0. The molecular formula is C13H20N4O3. The Kier molecular flexibility index (Phi) is 4.39. The van der Waals surface area contributed by atoms with Gasteiger partial charge in [0.05, 0.1) is 6.54 Å². The zero-order valence-corrected chi connectivity index (χ0v) is 11.8. The lowest BCUT2D eigenvalue weighted by Crippen LogP contribution is -2.38. The number of nitrogens with one attached hydrogen (secondary N) is 1. The van der Waals surface area contributed by atoms with Crippen LogP contribution in [0.2, 0.25) is 0 Å². The van der Waals surface area contributed by atoms with E-state index in [0.29, 0.717) is 17.5 Å². The number of nitrogens with two attached hydrogens (primary N) is 1. The van der Waals surface area contributed by atoms with Crippen molar-refractivity contribution < 1.29 is 14.1 Å². The highest BCUT2D eigenvalue weighted by Crippen LogP contribution is 2.32. The fourth-order valence-corrected chi connectivity index (χ4v) is 1.96. The highest BCUT2D eigenvalue weighted by atomic mass is 16.5. The quantitative estimate of drug-likeness (QED) is 0.790. The zero-order chi connectivity index (χ0) is 14.7. The van der Waals surface area contributed by atoms with Gasteiger partial charge in [-0.05, 0) is 25.7 Å². The lowest BCUT2D eigenvalue weighted by molar-refractivity contribution is -0.133. The Bertz CT molecular complexity index is 496. The van der Waals surface area contributed by atoms with E-state index in [9.17, 15) is 9.59 Å². The molecule has 1 fully saturated rings. The molecule has 1 heterocycles. The minimum absolute atomic E-state index is 0.0257. The third kappa shape index (κ3) is 4.06. The number of rotatable bonds is 6. The first-order chi connectivity index (χ1) is 9.45. The molecule has 1 aromatic rings. The number of nitrogens with zero attached hydrogens (tertiary/aromatic N) is 2. The SMILES string of the molecule is Cc1cc(NC(=O)CN(C)C(=O)CC(N)C2CC2)no1. The molecule has 1 aliphatic rings. The summed E-state index contributed by atoms with van der Waals surface area (Å²) in [6, 6.07) is 1.52. The second-order valence-electron chi connectivity index (χ2n) is 5.33. The first-order valence-corrected chi connectivity index (χ1v) is 6.68. The van der Waals surface area contributed by atoms with Gasteiger partial charge in [-0.1, -0.05) is 5.16 Å². The molecule has 0 saturated heterocycles. The van der Waals surface area contributed by atoms with Gasteiger partial charge in [0.25, 0.3) is 0 Å². The Hall–Kier alpha value is -1.89. The zero-order valence-electron chi connectivity index (χ0n) is 11.8. The van der Waals surface area contributed by atoms with E-state index in [-0.39, 0.29) is 30.8 Å². The van der Waals surface area contributed by atoms with Gasteiger partial charge in [0.2, 0.25) is 11.8 Å². The summed E-state index contributed by atoms with van der Waals surface area (Å²) in [4.78, 5) is 25.0. The second kappa shape index (κ2) is 6.04. The summed E-state index contributed by atoms with van der Waals surface area (Å²) in [6.45, 7) is 1.71. The molecule has 0 radical (unpaired) electrons. The van der Waals surface area contributed by atoms with Crippen molar-refractivity contribution in [1.82, 2.24) is 10.1 Å². The number of carbonyl (C=O) groups is 2. The summed E-state index contributed by atoms with van der Waals surface area (Å²) in [5.74, 6) is 1.01. The van der Waals surface area contributed by atoms with Crippen LogP contribution in [0.1, 0.15) is 25.0 Å². The number of amides is 2. The van der Waals surface area contributed by atoms with Crippen molar-refractivity contribution >= 4 is 17.6 Å². The molecule has 2 rings (SSSR count). The van der Waals surface area contributed by atoms with E-state index < -0.39 is 0 Å². The average molecular weight is 280 g/mol. The fraction of sp³-hybridized carbons (Fsp3) is 0.615. The van der Waals surface area contributed by atoms with Crippen molar-refractivity contribution in [3.63, 3.8) is 0 Å². The number of aromatic nitrogens is 1. The normalized spacial score (nSPS) is 15.8. The number of anilines is 1. The van der Waals surface area contributed by atoms with Crippen LogP contribution in [0.25, 0.3) is 0 Å². The molecule has 0 aliphatic heterocycles. The molecule has 3 N–H and O–H groups in total. The summed E-state index contributed by atoms with van der Waals surface area (Å²) < 4.78 is 4.84. The number of likely N-dealkylation sites (N-methyl/N-ethyl adjacent to an activating group) is 1. The van der Waals surface area contributed by atoms with E-state index in [2.05, 4.69) is 10.5 Å². The smallest absolute Gasteiger partial charge is 0.245 e. The summed E-state index contributed by atoms with van der Waals surface area (Å²) in [5.41, 5.74) is 5.90. The predicted molar refractivity (Wildman–Crippen MR) is 72.8 cm³/mol. The Morgan fingerprint density at radius 3 is 2.85 bits per heavy atom. The summed E-state index contributed by atoms with van der Waals surface area (Å²) in [6.07, 6.45) is 2.49. The molecule has 7 nitrogen and oxygen atoms in total. The standard InChI is InChI=1S/C13H20N4O3/c1-8-5-11(16-20-8)15-12(18)7-17(2)13(19)6-10(14)9-3-4-9/h5,9-10H,3-4,6-7,14H2,1-2H3,(H,15,16,18). The van der Waals surface area contributed by atoms with E-state index in [1.807, 2.05) is 0 Å². The first-order valence-electron chi connectivity index (χ1n) is 6.68. The lowest BCUT2D eigenvalue weighted by atomic mass is 10.1. The van der Waals surface area contributed by atoms with Crippen LogP contribution in [0.3, 0.4) is 0 Å². The van der Waals surface area contributed by atoms with Crippen molar-refractivity contribution in [3.05, 3.63) is 11.8 Å². The lowest BCUT2D eigenvalue weighted by Gasteiger charge is -2.18. The van der Waals surface area contributed by atoms with E-state index in [1.165, 1.54) is 4.90 Å². The van der Waals surface area contributed by atoms with Crippen molar-refractivity contribution in [2.24, 2.45) is 11.7 Å². The van der Waals surface area contributed by atoms with E-state index in [1.54, 1.807) is 20.0 Å². The van der Waals surface area contributed by atoms with E-state index in [0.717, 1.165) is 12.8 Å². The van der Waals surface area contributed by atoms with Gasteiger partial charge in [0, 0.05) is 25.6 Å². The van der Waals surface area contributed by atoms with Gasteiger partial charge in [0.1, 0.15) is 5.76 Å². The Morgan fingerprint density at radius 1 is 1.60 bits per heavy atom. The van der Waals surface area contributed by atoms with Crippen LogP contribution in [0.4, 0.5) is 5.82 Å². The van der Waals surface area contributed by atoms with Crippen molar-refractivity contribution in [2.45, 2.75) is 32.2 Å². The maximum absolute atomic E-state index is 11.9. The molecular weight excluding hydrogens is 260 g/mol. The number of hydrogen-bond donors (Lipinski definition) is 2. The minimum atomic E-state index is -0.311. The number of hydrogen-bond acceptors (Lipinski definition) is 5. The van der Waals surface area contributed by atoms with Crippen molar-refractivity contribution in [3.8, 4) is 0 Å². The maximum atomic E-state index is 11.9. The van der Waals surface area contributed by atoms with Gasteiger partial charge in [-0.25, -0.2) is 0 Å². The third-order valence-electron chi connectivity index (χ3n) is 3.34. The van der Waals surface area contributed by atoms with Gasteiger partial charge in [-0.2, -0.15) is 0 Å². The molecule has 0 bridgehead atoms. The molecule has 110 valence electrons. The molecule has 2 amide bonds. The second-order valence-corrected chi connectivity index (χ2v) is 5.33. The third-order valence-corrected chi connectivity index (χ3v) is 3.34. The molecule has 1 atom stereocenters. The molecule has 1 unspecified atom stereocenters. The molecule has 7 heteroatoms. The molecule has 1 aliphatic carbocycles. The average Bonchev–Trinajstić information content (AvgIpc) is 3.14. The number of aryl methyl sites for hydroxylation is 1. The molecule has 1 aromatic heterocycles. The van der Waals surface area contributed by atoms with Gasteiger partial charge >= 0.3 is 0 Å². The Labute approximate surface area is 117 Å². The maximum Gasteiger partial charge on any atom is 0.245 e. The largest absolute Gasteiger partial charge is 0.360 e. The first kappa shape index (κ1) is 14.5. The molecule has 1 saturated carbocycles. The van der Waals surface area contributed by atoms with Crippen molar-refractivity contribution in [2.75, 3.05) is 18.9 Å². The molecule has 20 heavy (non-hydrogen) atoms. The van der Waals surface area contributed by atoms with E-state index >= 15 is 0 Å².